The van der Waals surface area contributed by atoms with Crippen LogP contribution in [-0.4, -0.2) is 31.8 Å². The van der Waals surface area contributed by atoms with Gasteiger partial charge in [0.25, 0.3) is 0 Å². The molecule has 0 N–H and O–H groups in total. The Morgan fingerprint density at radius 1 is 1.29 bits per heavy atom. The molecule has 1 heterocycles. The third-order valence-electron chi connectivity index (χ3n) is 2.89. The minimum Gasteiger partial charge on any atom is -0.465 e. The average Bonchev–Trinajstić information content (AvgIpc) is 2.91. The number of methoxy groups -OCH3 is 1. The number of ether oxygens (including phenoxy) is 3. The quantitative estimate of drug-likeness (QED) is 0.687. The smallest absolute Gasteiger partial charge is 0.341 e. The molecule has 0 spiro atoms. The van der Waals surface area contributed by atoms with Crippen molar-refractivity contribution in [3.05, 3.63) is 23.7 Å². The maximum atomic E-state index is 11.8. The zero-order valence-electron chi connectivity index (χ0n) is 12.9. The van der Waals surface area contributed by atoms with E-state index < -0.39 is 18.0 Å². The molecular formula is C15H22O6. The Morgan fingerprint density at radius 2 is 2.00 bits per heavy atom. The molecule has 6 heteroatoms. The second kappa shape index (κ2) is 8.46. The molecule has 0 saturated carbocycles. The van der Waals surface area contributed by atoms with E-state index in [0.29, 0.717) is 12.5 Å². The summed E-state index contributed by atoms with van der Waals surface area (Å²) in [4.78, 5) is 23.2. The molecule has 1 rings (SSSR count). The average molecular weight is 298 g/mol. The lowest BCUT2D eigenvalue weighted by molar-refractivity contribution is -0.158. The highest BCUT2D eigenvalue weighted by atomic mass is 16.6. The van der Waals surface area contributed by atoms with E-state index in [9.17, 15) is 9.59 Å². The summed E-state index contributed by atoms with van der Waals surface area (Å²) in [5, 5.41) is 0. The maximum Gasteiger partial charge on any atom is 0.341 e. The van der Waals surface area contributed by atoms with Crippen LogP contribution >= 0.6 is 0 Å². The highest BCUT2D eigenvalue weighted by Gasteiger charge is 2.19. The maximum absolute atomic E-state index is 11.8. The number of esters is 2. The first kappa shape index (κ1) is 17.2. The van der Waals surface area contributed by atoms with Crippen LogP contribution in [0.15, 0.2) is 16.7 Å². The van der Waals surface area contributed by atoms with Crippen molar-refractivity contribution in [2.24, 2.45) is 5.92 Å². The number of hydrogen-bond acceptors (Lipinski definition) is 6. The molecule has 0 aliphatic heterocycles. The van der Waals surface area contributed by atoms with Crippen molar-refractivity contribution in [1.29, 1.82) is 0 Å². The fourth-order valence-electron chi connectivity index (χ4n) is 1.55. The normalized spacial score (nSPS) is 12.2. The Morgan fingerprint density at radius 3 is 2.62 bits per heavy atom. The molecule has 0 aliphatic carbocycles. The van der Waals surface area contributed by atoms with Gasteiger partial charge in [-0.15, -0.1) is 0 Å². The van der Waals surface area contributed by atoms with Crippen LogP contribution in [0.25, 0.3) is 0 Å². The summed E-state index contributed by atoms with van der Waals surface area (Å²) in [5.41, 5.74) is 0.249. The Hall–Kier alpha value is -1.82. The molecule has 0 amide bonds. The van der Waals surface area contributed by atoms with Gasteiger partial charge in [0.05, 0.1) is 13.4 Å². The van der Waals surface area contributed by atoms with Crippen LogP contribution in [0.3, 0.4) is 0 Å². The molecule has 21 heavy (non-hydrogen) atoms. The van der Waals surface area contributed by atoms with Gasteiger partial charge < -0.3 is 18.6 Å². The highest BCUT2D eigenvalue weighted by molar-refractivity contribution is 5.90. The Kier molecular flexibility index (Phi) is 6.94. The molecule has 1 aromatic heterocycles. The first-order chi connectivity index (χ1) is 9.95. The van der Waals surface area contributed by atoms with Crippen molar-refractivity contribution in [2.45, 2.75) is 39.9 Å². The van der Waals surface area contributed by atoms with Gasteiger partial charge in [-0.1, -0.05) is 13.8 Å². The van der Waals surface area contributed by atoms with Gasteiger partial charge in [-0.05, 0) is 25.3 Å². The number of carbonyl (C=O) groups excluding carboxylic acids is 2. The second-order valence-corrected chi connectivity index (χ2v) is 5.05. The summed E-state index contributed by atoms with van der Waals surface area (Å²) >= 11 is 0. The lowest BCUT2D eigenvalue weighted by Crippen LogP contribution is -2.24. The largest absolute Gasteiger partial charge is 0.465 e. The third-order valence-corrected chi connectivity index (χ3v) is 2.89. The highest BCUT2D eigenvalue weighted by Crippen LogP contribution is 2.13. The molecule has 6 nitrogen and oxygen atoms in total. The monoisotopic (exact) mass is 298 g/mol. The molecule has 0 aliphatic rings. The van der Waals surface area contributed by atoms with Crippen molar-refractivity contribution >= 4 is 11.9 Å². The number of furan rings is 1. The van der Waals surface area contributed by atoms with Crippen LogP contribution in [0.2, 0.25) is 0 Å². The molecule has 0 bridgehead atoms. The predicted octanol–water partition coefficient (Wildman–Crippen LogP) is 2.56. The minimum atomic E-state index is -0.653. The van der Waals surface area contributed by atoms with Crippen LogP contribution in [0, 0.1) is 5.92 Å². The summed E-state index contributed by atoms with van der Waals surface area (Å²) in [5.74, 6) is -0.259. The van der Waals surface area contributed by atoms with Crippen molar-refractivity contribution < 1.29 is 28.2 Å². The van der Waals surface area contributed by atoms with Crippen molar-refractivity contribution in [2.75, 3.05) is 13.7 Å². The zero-order valence-corrected chi connectivity index (χ0v) is 12.9. The van der Waals surface area contributed by atoms with E-state index in [4.69, 9.17) is 13.9 Å². The van der Waals surface area contributed by atoms with Gasteiger partial charge in [0.1, 0.15) is 12.2 Å². The topological polar surface area (TPSA) is 75.0 Å². The van der Waals surface area contributed by atoms with Gasteiger partial charge in [-0.3, -0.25) is 0 Å². The minimum absolute atomic E-state index is 0.131. The first-order valence-electron chi connectivity index (χ1n) is 6.88. The third kappa shape index (κ3) is 5.59. The van der Waals surface area contributed by atoms with E-state index in [1.54, 1.807) is 6.92 Å². The van der Waals surface area contributed by atoms with Gasteiger partial charge in [0, 0.05) is 6.61 Å². The fourth-order valence-corrected chi connectivity index (χ4v) is 1.55. The first-order valence-corrected chi connectivity index (χ1v) is 6.88. The van der Waals surface area contributed by atoms with Gasteiger partial charge in [-0.2, -0.15) is 0 Å². The predicted molar refractivity (Wildman–Crippen MR) is 74.7 cm³/mol. The van der Waals surface area contributed by atoms with E-state index in [-0.39, 0.29) is 17.9 Å². The Bertz CT molecular complexity index is 462. The van der Waals surface area contributed by atoms with E-state index in [1.807, 2.05) is 0 Å². The summed E-state index contributed by atoms with van der Waals surface area (Å²) in [6.45, 7) is 6.16. The molecule has 1 unspecified atom stereocenters. The molecule has 0 fully saturated rings. The van der Waals surface area contributed by atoms with Crippen LogP contribution in [0.5, 0.6) is 0 Å². The van der Waals surface area contributed by atoms with Crippen LogP contribution in [0.1, 0.15) is 43.3 Å². The van der Waals surface area contributed by atoms with Gasteiger partial charge in [0.15, 0.2) is 11.9 Å². The van der Waals surface area contributed by atoms with Gasteiger partial charge in [-0.25, -0.2) is 9.59 Å². The molecule has 1 atom stereocenters. The summed E-state index contributed by atoms with van der Waals surface area (Å²) in [6.07, 6.45) is 1.57. The molecule has 1 aromatic rings. The summed E-state index contributed by atoms with van der Waals surface area (Å²) in [6, 6.07) is 1.47. The molecule has 0 radical (unpaired) electrons. The lowest BCUT2D eigenvalue weighted by atomic mass is 10.1. The Labute approximate surface area is 124 Å². The summed E-state index contributed by atoms with van der Waals surface area (Å²) in [7, 11) is 1.27. The molecule has 0 aromatic carbocycles. The van der Waals surface area contributed by atoms with Crippen molar-refractivity contribution in [3.63, 3.8) is 0 Å². The Balaban J connectivity index is 2.42. The van der Waals surface area contributed by atoms with Crippen LogP contribution < -0.4 is 0 Å². The van der Waals surface area contributed by atoms with E-state index in [0.717, 1.165) is 6.42 Å². The molecular weight excluding hydrogens is 276 g/mol. The van der Waals surface area contributed by atoms with Crippen LogP contribution in [0.4, 0.5) is 0 Å². The van der Waals surface area contributed by atoms with Gasteiger partial charge >= 0.3 is 11.9 Å². The molecule has 118 valence electrons. The number of hydrogen-bond donors (Lipinski definition) is 0. The van der Waals surface area contributed by atoms with E-state index in [1.165, 1.54) is 19.4 Å². The number of rotatable bonds is 8. The molecule has 0 saturated heterocycles. The van der Waals surface area contributed by atoms with E-state index >= 15 is 0 Å². The van der Waals surface area contributed by atoms with Crippen molar-refractivity contribution in [3.8, 4) is 0 Å². The van der Waals surface area contributed by atoms with E-state index in [2.05, 4.69) is 18.6 Å². The zero-order chi connectivity index (χ0) is 15.8. The standard InChI is InChI=1S/C15H22O6/c1-10(2)5-7-19-11(3)14(16)21-9-13-12(6-8-20-13)15(17)18-4/h6,8,10-11H,5,7,9H2,1-4H3. The SMILES string of the molecule is COC(=O)c1ccoc1COC(=O)C(C)OCCC(C)C. The van der Waals surface area contributed by atoms with Gasteiger partial charge in [0.2, 0.25) is 0 Å². The lowest BCUT2D eigenvalue weighted by Gasteiger charge is -2.13. The fraction of sp³-hybridized carbons (Fsp3) is 0.600. The number of carbonyl (C=O) groups is 2. The summed E-state index contributed by atoms with van der Waals surface area (Å²) < 4.78 is 20.2. The van der Waals surface area contributed by atoms with Crippen molar-refractivity contribution in [1.82, 2.24) is 0 Å². The second-order valence-electron chi connectivity index (χ2n) is 5.05. The van der Waals surface area contributed by atoms with Crippen LogP contribution in [-0.2, 0) is 25.6 Å².